The molecule has 0 aliphatic rings. The van der Waals surface area contributed by atoms with Crippen LogP contribution in [0, 0.1) is 17.7 Å². The number of alkyl halides is 3. The van der Waals surface area contributed by atoms with Crippen LogP contribution in [0.25, 0.3) is 0 Å². The van der Waals surface area contributed by atoms with Gasteiger partial charge in [-0.1, -0.05) is 0 Å². The molecule has 3 nitrogen and oxygen atoms in total. The van der Waals surface area contributed by atoms with E-state index in [-0.39, 0.29) is 4.47 Å². The molecule has 0 spiro atoms. The number of hydrogen-bond acceptors (Lipinski definition) is 3. The van der Waals surface area contributed by atoms with E-state index in [1.54, 1.807) is 0 Å². The molecule has 0 saturated heterocycles. The number of sulfone groups is 1. The molecule has 0 bridgehead atoms. The van der Waals surface area contributed by atoms with Crippen LogP contribution in [0.2, 0.25) is 0 Å². The van der Waals surface area contributed by atoms with Crippen molar-refractivity contribution in [2.45, 2.75) is 10.4 Å². The fraction of sp³-hybridized carbons (Fsp3) is 0.125. The van der Waals surface area contributed by atoms with E-state index in [0.29, 0.717) is 18.2 Å². The highest BCUT2D eigenvalue weighted by atomic mass is 79.9. The molecule has 0 amide bonds. The van der Waals surface area contributed by atoms with Crippen molar-refractivity contribution in [2.24, 2.45) is 0 Å². The molecule has 0 saturated carbocycles. The molecule has 17 heavy (non-hydrogen) atoms. The summed E-state index contributed by atoms with van der Waals surface area (Å²) in [7, 11) is -5.41. The summed E-state index contributed by atoms with van der Waals surface area (Å²) in [5.41, 5.74) is -5.38. The number of nitrogens with zero attached hydrogens (tertiary/aromatic N) is 1. The highest BCUT2D eigenvalue weighted by Gasteiger charge is 2.46. The van der Waals surface area contributed by atoms with E-state index in [4.69, 9.17) is 5.26 Å². The molecule has 1 aromatic carbocycles. The first kappa shape index (κ1) is 15.9. The molecule has 1 rings (SSSR count). The molecule has 0 heterocycles. The van der Waals surface area contributed by atoms with Gasteiger partial charge in [0.05, 0.1) is 9.37 Å². The summed E-state index contributed by atoms with van der Waals surface area (Å²) >= 11 is 2.60. The van der Waals surface area contributed by atoms with E-state index in [0.717, 1.165) is 0 Å². The summed E-state index contributed by atoms with van der Waals surface area (Å²) in [6.45, 7) is 3.50. The zero-order chi connectivity index (χ0) is 13.9. The minimum Gasteiger partial charge on any atom is -0.214 e. The standard InChI is InChI=1S/C7H3BrF4O2S.CHN/c8-5-3-4(1-2-6(5)9)15(13,14)7(10,11)12;1-2/h1-3H;1H. The maximum absolute atomic E-state index is 12.7. The highest BCUT2D eigenvalue weighted by molar-refractivity contribution is 9.10. The first-order valence-corrected chi connectivity index (χ1v) is 5.96. The third-order valence-corrected chi connectivity index (χ3v) is 3.60. The average molecular weight is 334 g/mol. The highest BCUT2D eigenvalue weighted by Crippen LogP contribution is 2.31. The van der Waals surface area contributed by atoms with Gasteiger partial charge in [-0.25, -0.2) is 18.1 Å². The van der Waals surface area contributed by atoms with Crippen molar-refractivity contribution < 1.29 is 26.0 Å². The second-order valence-electron chi connectivity index (χ2n) is 2.53. The normalized spacial score (nSPS) is 11.5. The molecule has 0 unspecified atom stereocenters. The van der Waals surface area contributed by atoms with Crippen LogP contribution in [0.3, 0.4) is 0 Å². The lowest BCUT2D eigenvalue weighted by Gasteiger charge is -2.08. The first-order valence-electron chi connectivity index (χ1n) is 3.68. The maximum Gasteiger partial charge on any atom is 0.501 e. The van der Waals surface area contributed by atoms with Gasteiger partial charge in [-0.05, 0) is 34.1 Å². The summed E-state index contributed by atoms with van der Waals surface area (Å²) in [5, 5.41) is 6.50. The number of halogens is 5. The fourth-order valence-corrected chi connectivity index (χ4v) is 2.10. The zero-order valence-electron chi connectivity index (χ0n) is 7.87. The lowest BCUT2D eigenvalue weighted by molar-refractivity contribution is -0.0436. The fourth-order valence-electron chi connectivity index (χ4n) is 0.778. The first-order chi connectivity index (χ1) is 7.66. The molecule has 0 N–H and O–H groups in total. The van der Waals surface area contributed by atoms with Crippen molar-refractivity contribution in [3.05, 3.63) is 28.5 Å². The van der Waals surface area contributed by atoms with Crippen LogP contribution in [-0.2, 0) is 9.84 Å². The number of hydrogen-bond donors (Lipinski definition) is 0. The van der Waals surface area contributed by atoms with Crippen LogP contribution in [0.5, 0.6) is 0 Å². The summed E-state index contributed by atoms with van der Waals surface area (Å²) in [5.74, 6) is -0.837. The molecule has 0 radical (unpaired) electrons. The third kappa shape index (κ3) is 3.41. The Hall–Kier alpha value is -1.14. The maximum atomic E-state index is 12.7. The Balaban J connectivity index is 0.00000121. The van der Waals surface area contributed by atoms with Crippen molar-refractivity contribution >= 4 is 25.8 Å². The Kier molecular flexibility index (Phi) is 5.10. The van der Waals surface area contributed by atoms with E-state index in [9.17, 15) is 26.0 Å². The minimum atomic E-state index is -5.41. The van der Waals surface area contributed by atoms with E-state index >= 15 is 0 Å². The Bertz CT molecular complexity index is 524. The molecule has 0 aliphatic carbocycles. The van der Waals surface area contributed by atoms with Gasteiger partial charge in [-0.3, -0.25) is 0 Å². The monoisotopic (exact) mass is 333 g/mol. The molecule has 0 aromatic heterocycles. The lowest BCUT2D eigenvalue weighted by atomic mass is 10.3. The SMILES string of the molecule is C#N.O=S(=O)(c1ccc(F)c(Br)c1)C(F)(F)F. The number of nitriles is 1. The molecular weight excluding hydrogens is 330 g/mol. The van der Waals surface area contributed by atoms with Gasteiger partial charge in [-0.15, -0.1) is 0 Å². The van der Waals surface area contributed by atoms with Crippen molar-refractivity contribution in [3.63, 3.8) is 0 Å². The predicted octanol–water partition coefficient (Wildman–Crippen LogP) is 3.02. The molecule has 0 atom stereocenters. The van der Waals surface area contributed by atoms with Crippen LogP contribution >= 0.6 is 15.9 Å². The lowest BCUT2D eigenvalue weighted by Crippen LogP contribution is -2.23. The summed E-state index contributed by atoms with van der Waals surface area (Å²) < 4.78 is 70.2. The van der Waals surface area contributed by atoms with Crippen LogP contribution in [-0.4, -0.2) is 13.9 Å². The number of benzene rings is 1. The molecule has 1 aromatic rings. The Labute approximate surface area is 103 Å². The molecule has 0 aliphatic heterocycles. The predicted molar refractivity (Wildman–Crippen MR) is 54.0 cm³/mol. The second kappa shape index (κ2) is 5.46. The van der Waals surface area contributed by atoms with E-state index in [2.05, 4.69) is 22.5 Å². The summed E-state index contributed by atoms with van der Waals surface area (Å²) in [6.07, 6.45) is 0. The van der Waals surface area contributed by atoms with Crippen LogP contribution in [0.1, 0.15) is 0 Å². The van der Waals surface area contributed by atoms with Crippen LogP contribution in [0.15, 0.2) is 27.6 Å². The molecular formula is C8H4BrF4NO2S. The van der Waals surface area contributed by atoms with Gasteiger partial charge in [0.25, 0.3) is 9.84 Å². The van der Waals surface area contributed by atoms with Gasteiger partial charge in [0.1, 0.15) is 5.82 Å². The van der Waals surface area contributed by atoms with E-state index < -0.39 is 26.1 Å². The Morgan fingerprint density at radius 1 is 1.24 bits per heavy atom. The third-order valence-electron chi connectivity index (χ3n) is 1.51. The molecule has 9 heteroatoms. The minimum absolute atomic E-state index is 0.340. The van der Waals surface area contributed by atoms with Gasteiger partial charge >= 0.3 is 5.51 Å². The molecule has 0 fully saturated rings. The van der Waals surface area contributed by atoms with Gasteiger partial charge in [0, 0.05) is 6.57 Å². The van der Waals surface area contributed by atoms with Crippen molar-refractivity contribution in [1.82, 2.24) is 0 Å². The second-order valence-corrected chi connectivity index (χ2v) is 5.32. The van der Waals surface area contributed by atoms with E-state index in [1.165, 1.54) is 0 Å². The molecule has 94 valence electrons. The smallest absolute Gasteiger partial charge is 0.214 e. The Morgan fingerprint density at radius 2 is 1.71 bits per heavy atom. The number of rotatable bonds is 1. The van der Waals surface area contributed by atoms with Gasteiger partial charge < -0.3 is 0 Å². The van der Waals surface area contributed by atoms with Crippen molar-refractivity contribution in [1.29, 1.82) is 5.26 Å². The quantitative estimate of drug-likeness (QED) is 0.586. The zero-order valence-corrected chi connectivity index (χ0v) is 10.3. The van der Waals surface area contributed by atoms with Crippen LogP contribution in [0.4, 0.5) is 17.6 Å². The van der Waals surface area contributed by atoms with Gasteiger partial charge in [0.15, 0.2) is 0 Å². The van der Waals surface area contributed by atoms with Crippen LogP contribution < -0.4 is 0 Å². The van der Waals surface area contributed by atoms with Crippen molar-refractivity contribution in [3.8, 4) is 6.57 Å². The van der Waals surface area contributed by atoms with Gasteiger partial charge in [0.2, 0.25) is 0 Å². The largest absolute Gasteiger partial charge is 0.501 e. The Morgan fingerprint density at radius 3 is 2.06 bits per heavy atom. The van der Waals surface area contributed by atoms with E-state index in [1.807, 2.05) is 0 Å². The van der Waals surface area contributed by atoms with Gasteiger partial charge in [-0.2, -0.15) is 13.2 Å². The summed E-state index contributed by atoms with van der Waals surface area (Å²) in [6, 6.07) is 1.77. The summed E-state index contributed by atoms with van der Waals surface area (Å²) in [4.78, 5) is -0.997. The topological polar surface area (TPSA) is 57.9 Å². The average Bonchev–Trinajstić information content (AvgIpc) is 2.23. The van der Waals surface area contributed by atoms with Crippen molar-refractivity contribution in [2.75, 3.05) is 0 Å².